The van der Waals surface area contributed by atoms with Crippen LogP contribution in [0.4, 0.5) is 10.6 Å². The number of carbonyl (C=O) groups is 1. The maximum absolute atomic E-state index is 11.9. The predicted molar refractivity (Wildman–Crippen MR) is 94.1 cm³/mol. The number of hydrogen-bond donors (Lipinski definition) is 2. The standard InChI is InChI=1S/C18H16ClN3O2/c19-15-8-4-5-13(11-15)9-10-20-18(23)21-17-12-16(24-22-17)14-6-2-1-3-7-14/h1-8,11-12H,9-10H2,(H2,20,21,22,23). The Morgan fingerprint density at radius 2 is 1.92 bits per heavy atom. The van der Waals surface area contributed by atoms with Crippen molar-refractivity contribution in [2.75, 3.05) is 11.9 Å². The highest BCUT2D eigenvalue weighted by atomic mass is 35.5. The van der Waals surface area contributed by atoms with Crippen molar-refractivity contribution >= 4 is 23.4 Å². The van der Waals surface area contributed by atoms with E-state index in [1.807, 2.05) is 54.6 Å². The quantitative estimate of drug-likeness (QED) is 0.724. The second kappa shape index (κ2) is 7.66. The van der Waals surface area contributed by atoms with Gasteiger partial charge in [0.05, 0.1) is 0 Å². The molecule has 3 aromatic rings. The average molecular weight is 342 g/mol. The Labute approximate surface area is 144 Å². The number of amides is 2. The van der Waals surface area contributed by atoms with Crippen LogP contribution in [0.3, 0.4) is 0 Å². The first-order valence-electron chi connectivity index (χ1n) is 7.52. The van der Waals surface area contributed by atoms with Crippen LogP contribution in [-0.4, -0.2) is 17.7 Å². The van der Waals surface area contributed by atoms with Crippen molar-refractivity contribution in [2.24, 2.45) is 0 Å². The molecule has 0 radical (unpaired) electrons. The normalized spacial score (nSPS) is 10.4. The van der Waals surface area contributed by atoms with E-state index in [1.54, 1.807) is 6.07 Å². The summed E-state index contributed by atoms with van der Waals surface area (Å²) in [5.74, 6) is 0.971. The molecule has 0 aliphatic heterocycles. The van der Waals surface area contributed by atoms with E-state index < -0.39 is 0 Å². The lowest BCUT2D eigenvalue weighted by Crippen LogP contribution is -2.30. The molecule has 2 N–H and O–H groups in total. The van der Waals surface area contributed by atoms with Crippen LogP contribution in [0, 0.1) is 0 Å². The first kappa shape index (κ1) is 16.1. The Hall–Kier alpha value is -2.79. The molecule has 1 aromatic heterocycles. The van der Waals surface area contributed by atoms with Crippen molar-refractivity contribution in [3.8, 4) is 11.3 Å². The molecule has 1 heterocycles. The zero-order valence-electron chi connectivity index (χ0n) is 12.8. The molecule has 0 aliphatic carbocycles. The van der Waals surface area contributed by atoms with Crippen molar-refractivity contribution in [2.45, 2.75) is 6.42 Å². The van der Waals surface area contributed by atoms with Crippen LogP contribution in [0.2, 0.25) is 5.02 Å². The first-order valence-corrected chi connectivity index (χ1v) is 7.90. The van der Waals surface area contributed by atoms with Gasteiger partial charge in [-0.1, -0.05) is 59.2 Å². The molecule has 0 saturated heterocycles. The fourth-order valence-electron chi connectivity index (χ4n) is 2.25. The van der Waals surface area contributed by atoms with E-state index in [1.165, 1.54) is 0 Å². The van der Waals surface area contributed by atoms with E-state index in [0.717, 1.165) is 11.1 Å². The van der Waals surface area contributed by atoms with Gasteiger partial charge in [-0.2, -0.15) is 0 Å². The van der Waals surface area contributed by atoms with Gasteiger partial charge in [0, 0.05) is 23.2 Å². The smallest absolute Gasteiger partial charge is 0.320 e. The lowest BCUT2D eigenvalue weighted by molar-refractivity contribution is 0.252. The minimum absolute atomic E-state index is 0.329. The Kier molecular flexibility index (Phi) is 5.13. The molecule has 2 aromatic carbocycles. The third-order valence-electron chi connectivity index (χ3n) is 3.40. The highest BCUT2D eigenvalue weighted by molar-refractivity contribution is 6.30. The SMILES string of the molecule is O=C(NCCc1cccc(Cl)c1)Nc1cc(-c2ccccc2)on1. The minimum Gasteiger partial charge on any atom is -0.354 e. The van der Waals surface area contributed by atoms with Gasteiger partial charge in [-0.25, -0.2) is 4.79 Å². The van der Waals surface area contributed by atoms with Gasteiger partial charge in [0.2, 0.25) is 0 Å². The summed E-state index contributed by atoms with van der Waals surface area (Å²) < 4.78 is 5.23. The summed E-state index contributed by atoms with van der Waals surface area (Å²) in [6, 6.07) is 18.5. The highest BCUT2D eigenvalue weighted by Crippen LogP contribution is 2.21. The van der Waals surface area contributed by atoms with Crippen LogP contribution in [0.1, 0.15) is 5.56 Å². The van der Waals surface area contributed by atoms with Gasteiger partial charge in [0.15, 0.2) is 11.6 Å². The van der Waals surface area contributed by atoms with Gasteiger partial charge in [0.1, 0.15) is 0 Å². The van der Waals surface area contributed by atoms with E-state index in [0.29, 0.717) is 29.6 Å². The molecule has 0 atom stereocenters. The number of nitrogens with one attached hydrogen (secondary N) is 2. The summed E-state index contributed by atoms with van der Waals surface area (Å²) in [6.07, 6.45) is 0.696. The molecule has 0 aliphatic rings. The molecular formula is C18H16ClN3O2. The lowest BCUT2D eigenvalue weighted by atomic mass is 10.1. The van der Waals surface area contributed by atoms with E-state index in [9.17, 15) is 4.79 Å². The topological polar surface area (TPSA) is 67.2 Å². The number of rotatable bonds is 5. The highest BCUT2D eigenvalue weighted by Gasteiger charge is 2.09. The van der Waals surface area contributed by atoms with Gasteiger partial charge >= 0.3 is 6.03 Å². The fraction of sp³-hybridized carbons (Fsp3) is 0.111. The maximum Gasteiger partial charge on any atom is 0.320 e. The number of benzene rings is 2. The molecule has 0 spiro atoms. The molecule has 3 rings (SSSR count). The van der Waals surface area contributed by atoms with Crippen molar-refractivity contribution in [3.05, 3.63) is 71.2 Å². The van der Waals surface area contributed by atoms with E-state index in [2.05, 4.69) is 15.8 Å². The molecule has 0 fully saturated rings. The molecular weight excluding hydrogens is 326 g/mol. The van der Waals surface area contributed by atoms with E-state index >= 15 is 0 Å². The van der Waals surface area contributed by atoms with Crippen LogP contribution >= 0.6 is 11.6 Å². The van der Waals surface area contributed by atoms with Gasteiger partial charge < -0.3 is 9.84 Å². The zero-order chi connectivity index (χ0) is 16.8. The number of aromatic nitrogens is 1. The molecule has 0 saturated carbocycles. The van der Waals surface area contributed by atoms with Crippen molar-refractivity contribution in [1.29, 1.82) is 0 Å². The molecule has 122 valence electrons. The molecule has 5 nitrogen and oxygen atoms in total. The molecule has 24 heavy (non-hydrogen) atoms. The third kappa shape index (κ3) is 4.36. The van der Waals surface area contributed by atoms with Crippen molar-refractivity contribution in [3.63, 3.8) is 0 Å². The van der Waals surface area contributed by atoms with Gasteiger partial charge in [0.25, 0.3) is 0 Å². The first-order chi connectivity index (χ1) is 11.7. The number of anilines is 1. The summed E-state index contributed by atoms with van der Waals surface area (Å²) in [5.41, 5.74) is 1.97. The molecule has 2 amide bonds. The zero-order valence-corrected chi connectivity index (χ0v) is 13.6. The second-order valence-electron chi connectivity index (χ2n) is 5.20. The number of urea groups is 1. The minimum atomic E-state index is -0.329. The largest absolute Gasteiger partial charge is 0.354 e. The Bertz CT molecular complexity index is 818. The predicted octanol–water partition coefficient (Wildman–Crippen LogP) is 4.36. The van der Waals surface area contributed by atoms with Crippen molar-refractivity contribution in [1.82, 2.24) is 10.5 Å². The third-order valence-corrected chi connectivity index (χ3v) is 3.63. The van der Waals surface area contributed by atoms with E-state index in [-0.39, 0.29) is 6.03 Å². The Balaban J connectivity index is 1.49. The molecule has 0 bridgehead atoms. The van der Waals surface area contributed by atoms with Gasteiger partial charge in [-0.05, 0) is 24.1 Å². The van der Waals surface area contributed by atoms with Crippen LogP contribution < -0.4 is 10.6 Å². The number of carbonyl (C=O) groups excluding carboxylic acids is 1. The fourth-order valence-corrected chi connectivity index (χ4v) is 2.46. The summed E-state index contributed by atoms with van der Waals surface area (Å²) in [6.45, 7) is 0.496. The molecule has 0 unspecified atom stereocenters. The summed E-state index contributed by atoms with van der Waals surface area (Å²) >= 11 is 5.93. The van der Waals surface area contributed by atoms with Crippen LogP contribution in [-0.2, 0) is 6.42 Å². The lowest BCUT2D eigenvalue weighted by Gasteiger charge is -2.05. The van der Waals surface area contributed by atoms with Crippen molar-refractivity contribution < 1.29 is 9.32 Å². The summed E-state index contributed by atoms with van der Waals surface area (Å²) in [5, 5.41) is 9.96. The number of halogens is 1. The molecule has 6 heteroatoms. The summed E-state index contributed by atoms with van der Waals surface area (Å²) in [7, 11) is 0. The number of nitrogens with zero attached hydrogens (tertiary/aromatic N) is 1. The van der Waals surface area contributed by atoms with E-state index in [4.69, 9.17) is 16.1 Å². The monoisotopic (exact) mass is 341 g/mol. The van der Waals surface area contributed by atoms with Gasteiger partial charge in [-0.3, -0.25) is 5.32 Å². The van der Waals surface area contributed by atoms with Gasteiger partial charge in [-0.15, -0.1) is 0 Å². The Morgan fingerprint density at radius 1 is 1.08 bits per heavy atom. The Morgan fingerprint density at radius 3 is 2.71 bits per heavy atom. The summed E-state index contributed by atoms with van der Waals surface area (Å²) in [4.78, 5) is 11.9. The maximum atomic E-state index is 11.9. The van der Waals surface area contributed by atoms with Crippen LogP contribution in [0.15, 0.2) is 65.2 Å². The number of hydrogen-bond acceptors (Lipinski definition) is 3. The van der Waals surface area contributed by atoms with Crippen LogP contribution in [0.25, 0.3) is 11.3 Å². The second-order valence-corrected chi connectivity index (χ2v) is 5.64. The average Bonchev–Trinajstić information content (AvgIpc) is 3.04. The van der Waals surface area contributed by atoms with Crippen LogP contribution in [0.5, 0.6) is 0 Å².